The first kappa shape index (κ1) is 18.1. The molecule has 0 aliphatic heterocycles. The summed E-state index contributed by atoms with van der Waals surface area (Å²) in [6, 6.07) is 12.5. The van der Waals surface area contributed by atoms with Crippen molar-refractivity contribution in [2.45, 2.75) is 18.8 Å². The summed E-state index contributed by atoms with van der Waals surface area (Å²) in [6.45, 7) is 0. The molecule has 4 aromatic rings. The van der Waals surface area contributed by atoms with Crippen LogP contribution in [0.25, 0.3) is 22.4 Å². The monoisotopic (exact) mass is 388 g/mol. The number of hydrogen-bond donors (Lipinski definition) is 2. The Morgan fingerprint density at radius 1 is 1.07 bits per heavy atom. The largest absolute Gasteiger partial charge is 0.573 e. The van der Waals surface area contributed by atoms with Crippen molar-refractivity contribution in [2.75, 3.05) is 0 Å². The lowest BCUT2D eigenvalue weighted by Crippen LogP contribution is -2.16. The Bertz CT molecular complexity index is 1090. The Balaban J connectivity index is 1.49. The number of benzene rings is 2. The van der Waals surface area contributed by atoms with Crippen LogP contribution >= 0.6 is 0 Å². The number of H-pyrrole nitrogens is 1. The molecule has 0 fully saturated rings. The average Bonchev–Trinajstić information content (AvgIpc) is 3.29. The highest BCUT2D eigenvalue weighted by Crippen LogP contribution is 2.28. The van der Waals surface area contributed by atoms with Crippen LogP contribution in [0, 0.1) is 0 Å². The first-order valence-corrected chi connectivity index (χ1v) is 8.39. The van der Waals surface area contributed by atoms with Gasteiger partial charge in [0.15, 0.2) is 0 Å². The van der Waals surface area contributed by atoms with Gasteiger partial charge in [0.25, 0.3) is 0 Å². The molecular weight excluding hydrogens is 373 g/mol. The topological polar surface area (TPSA) is 90.0 Å². The molecule has 2 aromatic carbocycles. The number of ether oxygens (including phenoxy) is 1. The summed E-state index contributed by atoms with van der Waals surface area (Å²) in [5.74, 6) is 0.0888. The van der Waals surface area contributed by atoms with Crippen LogP contribution in [0.1, 0.15) is 17.5 Å². The highest BCUT2D eigenvalue weighted by Gasteiger charge is 2.31. The molecule has 3 N–H and O–H groups in total. The van der Waals surface area contributed by atoms with Gasteiger partial charge in [-0.3, -0.25) is 0 Å². The molecule has 6 nitrogen and oxygen atoms in total. The maximum Gasteiger partial charge on any atom is 0.573 e. The van der Waals surface area contributed by atoms with Gasteiger partial charge in [0, 0.05) is 22.7 Å². The van der Waals surface area contributed by atoms with Crippen LogP contribution in [-0.2, 0) is 6.42 Å². The predicted octanol–water partition coefficient (Wildman–Crippen LogP) is 4.36. The first-order valence-electron chi connectivity index (χ1n) is 8.39. The molecule has 0 aliphatic rings. The van der Waals surface area contributed by atoms with E-state index in [1.165, 1.54) is 24.3 Å². The number of halogens is 3. The SMILES string of the molecule is NC(Cc1c[nH]c2ccccc12)c1nnc(-c2ccc(OC(F)(F)F)cc2)o1. The molecule has 0 spiro atoms. The molecular formula is C19H15F3N4O2. The Hall–Kier alpha value is -3.33. The molecule has 144 valence electrons. The van der Waals surface area contributed by atoms with Crippen molar-refractivity contribution in [3.8, 4) is 17.2 Å². The highest BCUT2D eigenvalue weighted by atomic mass is 19.4. The number of para-hydroxylation sites is 1. The lowest BCUT2D eigenvalue weighted by atomic mass is 10.1. The van der Waals surface area contributed by atoms with Crippen LogP contribution in [0.3, 0.4) is 0 Å². The zero-order valence-corrected chi connectivity index (χ0v) is 14.4. The third-order valence-electron chi connectivity index (χ3n) is 4.21. The maximum atomic E-state index is 12.2. The highest BCUT2D eigenvalue weighted by molar-refractivity contribution is 5.83. The second kappa shape index (κ2) is 7.01. The summed E-state index contributed by atoms with van der Waals surface area (Å²) in [6.07, 6.45) is -2.36. The van der Waals surface area contributed by atoms with E-state index in [1.807, 2.05) is 30.5 Å². The van der Waals surface area contributed by atoms with Gasteiger partial charge >= 0.3 is 6.36 Å². The fourth-order valence-electron chi connectivity index (χ4n) is 2.92. The summed E-state index contributed by atoms with van der Waals surface area (Å²) in [5.41, 5.74) is 8.71. The Kier molecular flexibility index (Phi) is 4.52. The average molecular weight is 388 g/mol. The predicted molar refractivity (Wildman–Crippen MR) is 95.3 cm³/mol. The van der Waals surface area contributed by atoms with Gasteiger partial charge in [0.1, 0.15) is 5.75 Å². The summed E-state index contributed by atoms with van der Waals surface area (Å²) in [7, 11) is 0. The fraction of sp³-hybridized carbons (Fsp3) is 0.158. The van der Waals surface area contributed by atoms with Crippen LogP contribution in [0.15, 0.2) is 59.1 Å². The first-order chi connectivity index (χ1) is 13.4. The number of nitrogens with one attached hydrogen (secondary N) is 1. The number of hydrogen-bond acceptors (Lipinski definition) is 5. The molecule has 0 aliphatic carbocycles. The Labute approximate surface area is 157 Å². The van der Waals surface area contributed by atoms with Crippen molar-refractivity contribution in [2.24, 2.45) is 5.73 Å². The van der Waals surface area contributed by atoms with Crippen LogP contribution in [0.5, 0.6) is 5.75 Å². The van der Waals surface area contributed by atoms with E-state index in [9.17, 15) is 13.2 Å². The summed E-state index contributed by atoms with van der Waals surface area (Å²) in [4.78, 5) is 3.18. The number of aromatic amines is 1. The Morgan fingerprint density at radius 2 is 1.82 bits per heavy atom. The number of nitrogens with two attached hydrogens (primary N) is 1. The zero-order valence-electron chi connectivity index (χ0n) is 14.4. The van der Waals surface area contributed by atoms with E-state index in [0.29, 0.717) is 12.0 Å². The molecule has 1 unspecified atom stereocenters. The molecule has 2 aromatic heterocycles. The number of alkyl halides is 3. The van der Waals surface area contributed by atoms with Crippen molar-refractivity contribution < 1.29 is 22.3 Å². The molecule has 0 saturated carbocycles. The van der Waals surface area contributed by atoms with E-state index in [-0.39, 0.29) is 17.5 Å². The van der Waals surface area contributed by atoms with Gasteiger partial charge in [0.2, 0.25) is 11.8 Å². The van der Waals surface area contributed by atoms with Crippen molar-refractivity contribution in [1.29, 1.82) is 0 Å². The molecule has 0 amide bonds. The minimum Gasteiger partial charge on any atom is -0.419 e. The quantitative estimate of drug-likeness (QED) is 0.530. The zero-order chi connectivity index (χ0) is 19.7. The van der Waals surface area contributed by atoms with Gasteiger partial charge in [-0.25, -0.2) is 0 Å². The number of nitrogens with zero attached hydrogens (tertiary/aromatic N) is 2. The minimum atomic E-state index is -4.74. The molecule has 2 heterocycles. The third-order valence-corrected chi connectivity index (χ3v) is 4.21. The van der Waals surface area contributed by atoms with E-state index >= 15 is 0 Å². The van der Waals surface area contributed by atoms with Crippen LogP contribution < -0.4 is 10.5 Å². The molecule has 4 rings (SSSR count). The van der Waals surface area contributed by atoms with E-state index in [0.717, 1.165) is 16.5 Å². The van der Waals surface area contributed by atoms with Gasteiger partial charge in [-0.15, -0.1) is 23.4 Å². The molecule has 1 atom stereocenters. The number of rotatable bonds is 5. The second-order valence-electron chi connectivity index (χ2n) is 6.19. The van der Waals surface area contributed by atoms with E-state index < -0.39 is 12.4 Å². The normalized spacial score (nSPS) is 13.0. The van der Waals surface area contributed by atoms with Crippen LogP contribution in [-0.4, -0.2) is 21.5 Å². The van der Waals surface area contributed by atoms with Gasteiger partial charge in [-0.1, -0.05) is 18.2 Å². The van der Waals surface area contributed by atoms with Crippen LogP contribution in [0.2, 0.25) is 0 Å². The van der Waals surface area contributed by atoms with Crippen LogP contribution in [0.4, 0.5) is 13.2 Å². The van der Waals surface area contributed by atoms with E-state index in [2.05, 4.69) is 19.9 Å². The van der Waals surface area contributed by atoms with Crippen molar-refractivity contribution in [3.05, 3.63) is 66.2 Å². The fourth-order valence-corrected chi connectivity index (χ4v) is 2.92. The van der Waals surface area contributed by atoms with Gasteiger partial charge in [-0.2, -0.15) is 0 Å². The molecule has 0 saturated heterocycles. The molecule has 28 heavy (non-hydrogen) atoms. The van der Waals surface area contributed by atoms with Crippen molar-refractivity contribution in [3.63, 3.8) is 0 Å². The Morgan fingerprint density at radius 3 is 2.57 bits per heavy atom. The van der Waals surface area contributed by atoms with Gasteiger partial charge in [-0.05, 0) is 42.3 Å². The summed E-state index contributed by atoms with van der Waals surface area (Å²) < 4.78 is 46.1. The summed E-state index contributed by atoms with van der Waals surface area (Å²) in [5, 5.41) is 8.98. The van der Waals surface area contributed by atoms with E-state index in [1.54, 1.807) is 0 Å². The van der Waals surface area contributed by atoms with Gasteiger partial charge < -0.3 is 19.9 Å². The maximum absolute atomic E-state index is 12.2. The second-order valence-corrected chi connectivity index (χ2v) is 6.19. The lowest BCUT2D eigenvalue weighted by Gasteiger charge is -2.08. The molecule has 0 radical (unpaired) electrons. The van der Waals surface area contributed by atoms with Crippen molar-refractivity contribution in [1.82, 2.24) is 15.2 Å². The summed E-state index contributed by atoms with van der Waals surface area (Å²) >= 11 is 0. The number of fused-ring (bicyclic) bond motifs is 1. The van der Waals surface area contributed by atoms with Crippen molar-refractivity contribution >= 4 is 10.9 Å². The molecule has 0 bridgehead atoms. The molecule has 9 heteroatoms. The minimum absolute atomic E-state index is 0.169. The standard InChI is InChI=1S/C19H15F3N4O2/c20-19(21,22)28-13-7-5-11(6-8-13)17-25-26-18(27-17)15(23)9-12-10-24-16-4-2-1-3-14(12)16/h1-8,10,15,24H,9,23H2. The smallest absolute Gasteiger partial charge is 0.419 e. The lowest BCUT2D eigenvalue weighted by molar-refractivity contribution is -0.274. The van der Waals surface area contributed by atoms with Gasteiger partial charge in [0.05, 0.1) is 6.04 Å². The number of aromatic nitrogens is 3. The third kappa shape index (κ3) is 3.84. The van der Waals surface area contributed by atoms with E-state index in [4.69, 9.17) is 10.2 Å².